The van der Waals surface area contributed by atoms with Crippen LogP contribution in [0.1, 0.15) is 24.0 Å². The van der Waals surface area contributed by atoms with E-state index in [1.807, 2.05) is 24.7 Å². The highest BCUT2D eigenvalue weighted by molar-refractivity contribution is 5.79. The van der Waals surface area contributed by atoms with Gasteiger partial charge in [-0.25, -0.2) is 4.98 Å². The molecule has 0 amide bonds. The van der Waals surface area contributed by atoms with Crippen molar-refractivity contribution in [2.24, 2.45) is 7.05 Å². The molecule has 0 radical (unpaired) electrons. The summed E-state index contributed by atoms with van der Waals surface area (Å²) in [6.07, 6.45) is 3.03. The minimum absolute atomic E-state index is 0.787. The molecule has 0 aliphatic heterocycles. The zero-order valence-electron chi connectivity index (χ0n) is 12.1. The number of anilines is 1. The fourth-order valence-corrected chi connectivity index (χ4v) is 2.47. The van der Waals surface area contributed by atoms with Crippen molar-refractivity contribution in [3.05, 3.63) is 41.5 Å². The average molecular weight is 269 g/mol. The summed E-state index contributed by atoms with van der Waals surface area (Å²) in [5.74, 6) is 0.942. The summed E-state index contributed by atoms with van der Waals surface area (Å²) in [6.45, 7) is 4.89. The summed E-state index contributed by atoms with van der Waals surface area (Å²) in [5, 5.41) is 7.90. The van der Waals surface area contributed by atoms with Crippen LogP contribution in [0.3, 0.4) is 0 Å². The van der Waals surface area contributed by atoms with Crippen molar-refractivity contribution >= 4 is 16.7 Å². The molecular weight excluding hydrogens is 250 g/mol. The fourth-order valence-electron chi connectivity index (χ4n) is 2.47. The molecule has 2 aromatic heterocycles. The Bertz CT molecular complexity index is 738. The van der Waals surface area contributed by atoms with Crippen molar-refractivity contribution < 1.29 is 0 Å². The third kappa shape index (κ3) is 2.39. The van der Waals surface area contributed by atoms with Crippen LogP contribution < -0.4 is 5.32 Å². The first kappa shape index (κ1) is 12.7. The highest BCUT2D eigenvalue weighted by Crippen LogP contribution is 2.18. The van der Waals surface area contributed by atoms with Gasteiger partial charge in [-0.2, -0.15) is 5.10 Å². The Morgan fingerprint density at radius 1 is 1.35 bits per heavy atom. The molecule has 0 saturated carbocycles. The monoisotopic (exact) mass is 269 g/mol. The van der Waals surface area contributed by atoms with Crippen molar-refractivity contribution in [3.8, 4) is 0 Å². The predicted octanol–water partition coefficient (Wildman–Crippen LogP) is 2.78. The van der Waals surface area contributed by atoms with Gasteiger partial charge >= 0.3 is 0 Å². The van der Waals surface area contributed by atoms with Gasteiger partial charge in [0.15, 0.2) is 0 Å². The van der Waals surface area contributed by atoms with E-state index < -0.39 is 0 Å². The number of rotatable bonds is 4. The van der Waals surface area contributed by atoms with Gasteiger partial charge in [0.2, 0.25) is 0 Å². The van der Waals surface area contributed by atoms with Crippen molar-refractivity contribution in [1.29, 1.82) is 0 Å². The van der Waals surface area contributed by atoms with E-state index in [-0.39, 0.29) is 0 Å². The lowest BCUT2D eigenvalue weighted by Gasteiger charge is -2.05. The zero-order chi connectivity index (χ0) is 14.1. The van der Waals surface area contributed by atoms with Crippen LogP contribution in [0.25, 0.3) is 11.0 Å². The molecule has 20 heavy (non-hydrogen) atoms. The molecule has 1 aromatic carbocycles. The van der Waals surface area contributed by atoms with E-state index in [4.69, 9.17) is 0 Å². The maximum absolute atomic E-state index is 4.46. The molecule has 0 fully saturated rings. The van der Waals surface area contributed by atoms with Gasteiger partial charge in [-0.3, -0.25) is 4.68 Å². The summed E-state index contributed by atoms with van der Waals surface area (Å²) < 4.78 is 1.87. The number of fused-ring (bicyclic) bond motifs is 1. The lowest BCUT2D eigenvalue weighted by atomic mass is 10.2. The number of imidazole rings is 1. The molecule has 0 unspecified atom stereocenters. The van der Waals surface area contributed by atoms with Crippen molar-refractivity contribution in [1.82, 2.24) is 19.7 Å². The van der Waals surface area contributed by atoms with Crippen LogP contribution in [0.2, 0.25) is 0 Å². The summed E-state index contributed by atoms with van der Waals surface area (Å²) >= 11 is 0. The van der Waals surface area contributed by atoms with Crippen molar-refractivity contribution in [3.63, 3.8) is 0 Å². The Morgan fingerprint density at radius 3 is 3.00 bits per heavy atom. The zero-order valence-corrected chi connectivity index (χ0v) is 12.1. The molecule has 0 saturated heterocycles. The molecule has 0 bridgehead atoms. The Hall–Kier alpha value is -2.30. The van der Waals surface area contributed by atoms with Crippen LogP contribution >= 0.6 is 0 Å². The number of nitrogens with one attached hydrogen (secondary N) is 2. The Kier molecular flexibility index (Phi) is 3.18. The normalized spacial score (nSPS) is 11.2. The Labute approximate surface area is 118 Å². The summed E-state index contributed by atoms with van der Waals surface area (Å²) in [7, 11) is 1.96. The topological polar surface area (TPSA) is 58.5 Å². The van der Waals surface area contributed by atoms with Gasteiger partial charge in [0.05, 0.1) is 16.7 Å². The molecule has 2 N–H and O–H groups in total. The van der Waals surface area contributed by atoms with Gasteiger partial charge in [0.25, 0.3) is 0 Å². The maximum Gasteiger partial charge on any atom is 0.104 e. The highest BCUT2D eigenvalue weighted by Gasteiger charge is 2.06. The lowest BCUT2D eigenvalue weighted by molar-refractivity contribution is 0.746. The summed E-state index contributed by atoms with van der Waals surface area (Å²) in [4.78, 5) is 7.66. The van der Waals surface area contributed by atoms with Crippen molar-refractivity contribution in [2.75, 3.05) is 5.32 Å². The first-order valence-electron chi connectivity index (χ1n) is 6.87. The Balaban J connectivity index is 1.78. The van der Waals surface area contributed by atoms with Gasteiger partial charge in [0, 0.05) is 31.0 Å². The number of hydrogen-bond donors (Lipinski definition) is 2. The minimum atomic E-state index is 0.787. The molecule has 104 valence electrons. The Morgan fingerprint density at radius 2 is 2.20 bits per heavy atom. The number of nitrogens with zero attached hydrogens (tertiary/aromatic N) is 3. The third-order valence-corrected chi connectivity index (χ3v) is 3.41. The van der Waals surface area contributed by atoms with Gasteiger partial charge in [-0.05, 0) is 31.5 Å². The molecule has 5 heteroatoms. The number of aryl methyl sites for hydroxylation is 3. The van der Waals surface area contributed by atoms with Gasteiger partial charge in [-0.15, -0.1) is 0 Å². The van der Waals surface area contributed by atoms with E-state index in [9.17, 15) is 0 Å². The quantitative estimate of drug-likeness (QED) is 0.765. The SMILES string of the molecule is CCc1nn(C)cc1CNc1ccc2nc(C)[nH]c2c1. The summed E-state index contributed by atoms with van der Waals surface area (Å²) in [6, 6.07) is 6.19. The predicted molar refractivity (Wildman–Crippen MR) is 80.7 cm³/mol. The number of hydrogen-bond acceptors (Lipinski definition) is 3. The smallest absolute Gasteiger partial charge is 0.104 e. The number of aromatic amines is 1. The van der Waals surface area contributed by atoms with E-state index in [0.29, 0.717) is 0 Å². The number of H-pyrrole nitrogens is 1. The average Bonchev–Trinajstić information content (AvgIpc) is 2.97. The highest BCUT2D eigenvalue weighted by atomic mass is 15.3. The van der Waals surface area contributed by atoms with E-state index >= 15 is 0 Å². The van der Waals surface area contributed by atoms with Gasteiger partial charge < -0.3 is 10.3 Å². The van der Waals surface area contributed by atoms with Crippen LogP contribution in [-0.4, -0.2) is 19.7 Å². The first-order valence-corrected chi connectivity index (χ1v) is 6.87. The molecule has 3 rings (SSSR count). The van der Waals surface area contributed by atoms with Crippen LogP contribution in [-0.2, 0) is 20.0 Å². The molecule has 2 heterocycles. The van der Waals surface area contributed by atoms with Crippen molar-refractivity contribution in [2.45, 2.75) is 26.8 Å². The van der Waals surface area contributed by atoms with Gasteiger partial charge in [-0.1, -0.05) is 6.92 Å². The fraction of sp³-hybridized carbons (Fsp3) is 0.333. The molecule has 0 aliphatic rings. The van der Waals surface area contributed by atoms with Gasteiger partial charge in [0.1, 0.15) is 5.82 Å². The molecule has 5 nitrogen and oxygen atoms in total. The van der Waals surface area contributed by atoms with Crippen LogP contribution in [0.15, 0.2) is 24.4 Å². The first-order chi connectivity index (χ1) is 9.65. The largest absolute Gasteiger partial charge is 0.381 e. The van der Waals surface area contributed by atoms with E-state index in [1.54, 1.807) is 0 Å². The molecule has 3 aromatic rings. The van der Waals surface area contributed by atoms with Crippen LogP contribution in [0.4, 0.5) is 5.69 Å². The summed E-state index contributed by atoms with van der Waals surface area (Å²) in [5.41, 5.74) is 5.56. The maximum atomic E-state index is 4.46. The molecular formula is C15H19N5. The second-order valence-corrected chi connectivity index (χ2v) is 5.04. The number of aromatic nitrogens is 4. The standard InChI is InChI=1S/C15H19N5/c1-4-13-11(9-20(3)19-13)8-16-12-5-6-14-15(7-12)18-10(2)17-14/h5-7,9,16H,4,8H2,1-3H3,(H,17,18). The van der Waals surface area contributed by atoms with Crippen LogP contribution in [0.5, 0.6) is 0 Å². The van der Waals surface area contributed by atoms with E-state index in [2.05, 4.69) is 45.6 Å². The number of benzene rings is 1. The molecule has 0 spiro atoms. The lowest BCUT2D eigenvalue weighted by Crippen LogP contribution is -2.00. The van der Waals surface area contributed by atoms with Crippen LogP contribution in [0, 0.1) is 6.92 Å². The third-order valence-electron chi connectivity index (χ3n) is 3.41. The van der Waals surface area contributed by atoms with E-state index in [1.165, 1.54) is 5.56 Å². The molecule has 0 atom stereocenters. The minimum Gasteiger partial charge on any atom is -0.381 e. The molecule has 0 aliphatic carbocycles. The van der Waals surface area contributed by atoms with E-state index in [0.717, 1.165) is 41.2 Å². The second kappa shape index (κ2) is 5.00. The second-order valence-electron chi connectivity index (χ2n) is 5.04.